The number of rotatable bonds is 5. The van der Waals surface area contributed by atoms with Crippen molar-refractivity contribution >= 4 is 16.3 Å². The molecule has 3 aromatic rings. The summed E-state index contributed by atoms with van der Waals surface area (Å²) in [6.45, 7) is 7.19. The number of fused-ring (bicyclic) bond motifs is 1. The third-order valence-corrected chi connectivity index (χ3v) is 4.34. The monoisotopic (exact) mass is 289 g/mol. The van der Waals surface area contributed by atoms with Crippen LogP contribution in [0.1, 0.15) is 28.9 Å². The molecule has 0 aromatic carbocycles. The molecule has 0 amide bonds. The lowest BCUT2D eigenvalue weighted by Crippen LogP contribution is -2.28. The van der Waals surface area contributed by atoms with E-state index in [1.165, 1.54) is 10.6 Å². The molecule has 0 saturated carbocycles. The highest BCUT2D eigenvalue weighted by Gasteiger charge is 2.12. The van der Waals surface area contributed by atoms with Gasteiger partial charge in [0.05, 0.1) is 17.7 Å². The van der Waals surface area contributed by atoms with Gasteiger partial charge in [0.15, 0.2) is 4.96 Å². The van der Waals surface area contributed by atoms with E-state index in [9.17, 15) is 0 Å². The molecule has 1 N–H and O–H groups in total. The van der Waals surface area contributed by atoms with E-state index in [-0.39, 0.29) is 0 Å². The molecule has 1 atom stereocenters. The quantitative estimate of drug-likeness (QED) is 0.783. The Morgan fingerprint density at radius 1 is 1.45 bits per heavy atom. The van der Waals surface area contributed by atoms with Crippen molar-refractivity contribution in [1.82, 2.24) is 14.7 Å². The molecule has 5 heteroatoms. The first-order valence-electron chi connectivity index (χ1n) is 6.83. The van der Waals surface area contributed by atoms with Crippen molar-refractivity contribution in [3.8, 4) is 0 Å². The molecule has 0 saturated heterocycles. The maximum absolute atomic E-state index is 5.38. The number of thiazole rings is 1. The summed E-state index contributed by atoms with van der Waals surface area (Å²) in [4.78, 5) is 6.98. The molecule has 20 heavy (non-hydrogen) atoms. The van der Waals surface area contributed by atoms with Crippen LogP contribution in [0.25, 0.3) is 4.96 Å². The molecule has 0 radical (unpaired) electrons. The number of nitrogens with one attached hydrogen (secondary N) is 1. The van der Waals surface area contributed by atoms with Gasteiger partial charge in [-0.1, -0.05) is 0 Å². The van der Waals surface area contributed by atoms with Gasteiger partial charge in [0.25, 0.3) is 0 Å². The van der Waals surface area contributed by atoms with Crippen molar-refractivity contribution in [3.63, 3.8) is 0 Å². The zero-order valence-corrected chi connectivity index (χ0v) is 12.8. The third kappa shape index (κ3) is 2.64. The van der Waals surface area contributed by atoms with Crippen LogP contribution in [-0.2, 0) is 13.0 Å². The Balaban J connectivity index is 1.68. The Morgan fingerprint density at radius 3 is 3.05 bits per heavy atom. The zero-order valence-electron chi connectivity index (χ0n) is 12.0. The van der Waals surface area contributed by atoms with Gasteiger partial charge in [-0.05, 0) is 32.9 Å². The largest absolute Gasteiger partial charge is 0.469 e. The van der Waals surface area contributed by atoms with Crippen molar-refractivity contribution in [2.24, 2.45) is 0 Å². The number of aromatic nitrogens is 2. The highest BCUT2D eigenvalue weighted by atomic mass is 32.1. The molecule has 0 aliphatic rings. The van der Waals surface area contributed by atoms with Crippen molar-refractivity contribution < 1.29 is 4.42 Å². The maximum Gasteiger partial charge on any atom is 0.194 e. The van der Waals surface area contributed by atoms with Crippen molar-refractivity contribution in [3.05, 3.63) is 46.6 Å². The summed E-state index contributed by atoms with van der Waals surface area (Å²) in [5.41, 5.74) is 2.35. The summed E-state index contributed by atoms with van der Waals surface area (Å²) < 4.78 is 7.58. The summed E-state index contributed by atoms with van der Waals surface area (Å²) in [6.07, 6.45) is 4.78. The van der Waals surface area contributed by atoms with E-state index < -0.39 is 0 Å². The average molecular weight is 289 g/mol. The lowest BCUT2D eigenvalue weighted by Gasteiger charge is -2.12. The molecule has 4 nitrogen and oxygen atoms in total. The SMILES string of the molecule is Cc1cn2c(CNC(C)Cc3ccco3)c(C)nc2s1. The zero-order chi connectivity index (χ0) is 14.1. The third-order valence-electron chi connectivity index (χ3n) is 3.45. The number of hydrogen-bond acceptors (Lipinski definition) is 4. The van der Waals surface area contributed by atoms with Gasteiger partial charge in [-0.15, -0.1) is 11.3 Å². The minimum atomic E-state index is 0.367. The van der Waals surface area contributed by atoms with Crippen LogP contribution in [0.4, 0.5) is 0 Å². The summed E-state index contributed by atoms with van der Waals surface area (Å²) in [5.74, 6) is 1.02. The molecule has 0 fully saturated rings. The van der Waals surface area contributed by atoms with E-state index in [2.05, 4.69) is 41.7 Å². The number of imidazole rings is 1. The van der Waals surface area contributed by atoms with Crippen molar-refractivity contribution in [1.29, 1.82) is 0 Å². The second-order valence-electron chi connectivity index (χ2n) is 5.20. The number of furan rings is 1. The Morgan fingerprint density at radius 2 is 2.30 bits per heavy atom. The van der Waals surface area contributed by atoms with E-state index in [1.807, 2.05) is 12.1 Å². The van der Waals surface area contributed by atoms with E-state index in [0.717, 1.165) is 29.4 Å². The van der Waals surface area contributed by atoms with E-state index in [1.54, 1.807) is 17.6 Å². The summed E-state index contributed by atoms with van der Waals surface area (Å²) in [5, 5.41) is 3.55. The highest BCUT2D eigenvalue weighted by Crippen LogP contribution is 2.20. The fraction of sp³-hybridized carbons (Fsp3) is 0.400. The average Bonchev–Trinajstić information content (AvgIpc) is 3.05. The van der Waals surface area contributed by atoms with Gasteiger partial charge in [-0.3, -0.25) is 4.40 Å². The van der Waals surface area contributed by atoms with Crippen molar-refractivity contribution in [2.45, 2.75) is 39.8 Å². The Hall–Kier alpha value is -1.59. The van der Waals surface area contributed by atoms with Crippen LogP contribution in [-0.4, -0.2) is 15.4 Å². The van der Waals surface area contributed by atoms with Crippen LogP contribution in [0.2, 0.25) is 0 Å². The lowest BCUT2D eigenvalue weighted by molar-refractivity contribution is 0.454. The molecular formula is C15H19N3OS. The van der Waals surface area contributed by atoms with E-state index >= 15 is 0 Å². The second kappa shape index (κ2) is 5.42. The van der Waals surface area contributed by atoms with Crippen LogP contribution in [0, 0.1) is 13.8 Å². The lowest BCUT2D eigenvalue weighted by atomic mass is 10.2. The molecule has 0 spiro atoms. The van der Waals surface area contributed by atoms with Crippen LogP contribution < -0.4 is 5.32 Å². The van der Waals surface area contributed by atoms with Crippen LogP contribution in [0.15, 0.2) is 29.0 Å². The molecule has 0 aliphatic heterocycles. The van der Waals surface area contributed by atoms with Crippen LogP contribution in [0.3, 0.4) is 0 Å². The number of nitrogens with zero attached hydrogens (tertiary/aromatic N) is 2. The van der Waals surface area contributed by atoms with E-state index in [4.69, 9.17) is 4.42 Å². The van der Waals surface area contributed by atoms with Gasteiger partial charge in [0.1, 0.15) is 5.76 Å². The van der Waals surface area contributed by atoms with Gasteiger partial charge in [-0.25, -0.2) is 4.98 Å². The Labute approximate surface area is 122 Å². The molecule has 0 aliphatic carbocycles. The molecule has 3 heterocycles. The van der Waals surface area contributed by atoms with Gasteiger partial charge in [-0.2, -0.15) is 0 Å². The van der Waals surface area contributed by atoms with Crippen LogP contribution in [0.5, 0.6) is 0 Å². The first kappa shape index (κ1) is 13.4. The molecule has 3 aromatic heterocycles. The number of hydrogen-bond donors (Lipinski definition) is 1. The number of aryl methyl sites for hydroxylation is 2. The standard InChI is InChI=1S/C15H19N3OS/c1-10(7-13-5-4-6-19-13)16-8-14-12(3)17-15-18(14)9-11(2)20-15/h4-6,9-10,16H,7-8H2,1-3H3. The summed E-state index contributed by atoms with van der Waals surface area (Å²) in [7, 11) is 0. The smallest absolute Gasteiger partial charge is 0.194 e. The first-order valence-corrected chi connectivity index (χ1v) is 7.65. The highest BCUT2D eigenvalue weighted by molar-refractivity contribution is 7.17. The van der Waals surface area contributed by atoms with E-state index in [0.29, 0.717) is 6.04 Å². The molecule has 3 rings (SSSR count). The predicted molar refractivity (Wildman–Crippen MR) is 81.3 cm³/mol. The van der Waals surface area contributed by atoms with Crippen LogP contribution >= 0.6 is 11.3 Å². The van der Waals surface area contributed by atoms with Gasteiger partial charge in [0, 0.05) is 30.1 Å². The minimum absolute atomic E-state index is 0.367. The van der Waals surface area contributed by atoms with Crippen molar-refractivity contribution in [2.75, 3.05) is 0 Å². The van der Waals surface area contributed by atoms with Gasteiger partial charge < -0.3 is 9.73 Å². The fourth-order valence-electron chi connectivity index (χ4n) is 2.40. The maximum atomic E-state index is 5.38. The molecule has 106 valence electrons. The normalized spacial score (nSPS) is 13.2. The topological polar surface area (TPSA) is 42.5 Å². The Kier molecular flexibility index (Phi) is 3.63. The van der Waals surface area contributed by atoms with Gasteiger partial charge in [0.2, 0.25) is 0 Å². The van der Waals surface area contributed by atoms with Gasteiger partial charge >= 0.3 is 0 Å². The molecule has 0 bridgehead atoms. The molecule has 1 unspecified atom stereocenters. The summed E-state index contributed by atoms with van der Waals surface area (Å²) in [6, 6.07) is 4.31. The minimum Gasteiger partial charge on any atom is -0.469 e. The fourth-order valence-corrected chi connectivity index (χ4v) is 3.29. The first-order chi connectivity index (χ1) is 9.63. The Bertz CT molecular complexity index is 696. The second-order valence-corrected chi connectivity index (χ2v) is 6.42. The molecular weight excluding hydrogens is 270 g/mol. The predicted octanol–water partition coefficient (Wildman–Crippen LogP) is 3.33. The summed E-state index contributed by atoms with van der Waals surface area (Å²) >= 11 is 1.73.